The molecule has 0 amide bonds. The Morgan fingerprint density at radius 2 is 2.45 bits per heavy atom. The van der Waals surface area contributed by atoms with Crippen molar-refractivity contribution in [2.45, 2.75) is 18.2 Å². The second-order valence-electron chi connectivity index (χ2n) is 2.47. The van der Waals surface area contributed by atoms with Crippen LogP contribution in [0.2, 0.25) is 5.15 Å². The van der Waals surface area contributed by atoms with Crippen LogP contribution in [0.3, 0.4) is 0 Å². The highest BCUT2D eigenvalue weighted by Crippen LogP contribution is 2.12. The van der Waals surface area contributed by atoms with Crippen molar-refractivity contribution in [3.05, 3.63) is 29.0 Å². The minimum Gasteiger partial charge on any atom is -0.245 e. The largest absolute Gasteiger partial charge is 0.245 e. The van der Waals surface area contributed by atoms with E-state index in [0.717, 1.165) is 6.42 Å². The first-order valence-corrected chi connectivity index (χ1v) is 4.72. The van der Waals surface area contributed by atoms with Gasteiger partial charge in [-0.25, -0.2) is 4.98 Å². The molecule has 0 saturated carbocycles. The van der Waals surface area contributed by atoms with Gasteiger partial charge in [0.1, 0.15) is 5.15 Å². The van der Waals surface area contributed by atoms with Gasteiger partial charge in [0.15, 0.2) is 0 Å². The van der Waals surface area contributed by atoms with Crippen molar-refractivity contribution in [1.82, 2.24) is 4.98 Å². The van der Waals surface area contributed by atoms with Crippen LogP contribution >= 0.6 is 27.5 Å². The van der Waals surface area contributed by atoms with E-state index in [0.29, 0.717) is 9.98 Å². The molecule has 1 heterocycles. The van der Waals surface area contributed by atoms with Crippen molar-refractivity contribution >= 4 is 27.5 Å². The molecule has 1 unspecified atom stereocenters. The molecule has 0 spiro atoms. The summed E-state index contributed by atoms with van der Waals surface area (Å²) in [5.41, 5.74) is 1.22. The highest BCUT2D eigenvalue weighted by Gasteiger charge is 1.98. The minimum atomic E-state index is 0.487. The molecule has 11 heavy (non-hydrogen) atoms. The molecular formula is C8H9BrClN. The molecule has 0 aliphatic rings. The first kappa shape index (κ1) is 9.01. The molecule has 0 aliphatic carbocycles. The standard InChI is InChI=1S/C8H9BrClN/c1-6(9)4-7-2-3-11-8(10)5-7/h2-3,5-6H,4H2,1H3. The normalized spacial score (nSPS) is 13.0. The second kappa shape index (κ2) is 4.07. The van der Waals surface area contributed by atoms with Gasteiger partial charge in [-0.05, 0) is 24.1 Å². The van der Waals surface area contributed by atoms with Crippen LogP contribution in [0.4, 0.5) is 0 Å². The maximum absolute atomic E-state index is 5.70. The topological polar surface area (TPSA) is 12.9 Å². The molecule has 60 valence electrons. The molecule has 0 aliphatic heterocycles. The van der Waals surface area contributed by atoms with Crippen LogP contribution in [-0.4, -0.2) is 9.81 Å². The fraction of sp³-hybridized carbons (Fsp3) is 0.375. The van der Waals surface area contributed by atoms with Crippen LogP contribution < -0.4 is 0 Å². The quantitative estimate of drug-likeness (QED) is 0.566. The summed E-state index contributed by atoms with van der Waals surface area (Å²) in [6.07, 6.45) is 2.72. The number of pyridine rings is 1. The summed E-state index contributed by atoms with van der Waals surface area (Å²) in [6.45, 7) is 2.11. The van der Waals surface area contributed by atoms with Gasteiger partial charge in [0.05, 0.1) is 0 Å². The fourth-order valence-electron chi connectivity index (χ4n) is 0.894. The first-order chi connectivity index (χ1) is 5.18. The molecule has 0 aromatic carbocycles. The number of alkyl halides is 1. The zero-order chi connectivity index (χ0) is 8.27. The van der Waals surface area contributed by atoms with Crippen molar-refractivity contribution in [2.75, 3.05) is 0 Å². The van der Waals surface area contributed by atoms with E-state index < -0.39 is 0 Å². The van der Waals surface area contributed by atoms with Crippen molar-refractivity contribution in [3.8, 4) is 0 Å². The van der Waals surface area contributed by atoms with Gasteiger partial charge in [-0.2, -0.15) is 0 Å². The Bertz CT molecular complexity index is 237. The lowest BCUT2D eigenvalue weighted by molar-refractivity contribution is 0.955. The Labute approximate surface area is 79.9 Å². The third kappa shape index (κ3) is 3.21. The van der Waals surface area contributed by atoms with Crippen molar-refractivity contribution in [2.24, 2.45) is 0 Å². The van der Waals surface area contributed by atoms with E-state index in [1.807, 2.05) is 12.1 Å². The van der Waals surface area contributed by atoms with Gasteiger partial charge in [-0.3, -0.25) is 0 Å². The zero-order valence-electron chi connectivity index (χ0n) is 6.22. The van der Waals surface area contributed by atoms with Gasteiger partial charge in [-0.1, -0.05) is 34.5 Å². The lowest BCUT2D eigenvalue weighted by Crippen LogP contribution is -1.96. The molecule has 1 atom stereocenters. The van der Waals surface area contributed by atoms with Crippen molar-refractivity contribution in [3.63, 3.8) is 0 Å². The second-order valence-corrected chi connectivity index (χ2v) is 4.42. The molecule has 1 aromatic rings. The Hall–Kier alpha value is -0.0800. The highest BCUT2D eigenvalue weighted by atomic mass is 79.9. The molecule has 0 N–H and O–H groups in total. The van der Waals surface area contributed by atoms with E-state index in [9.17, 15) is 0 Å². The van der Waals surface area contributed by atoms with Gasteiger partial charge >= 0.3 is 0 Å². The van der Waals surface area contributed by atoms with E-state index in [1.54, 1.807) is 6.20 Å². The molecule has 0 bridgehead atoms. The average molecular weight is 235 g/mol. The maximum atomic E-state index is 5.70. The van der Waals surface area contributed by atoms with E-state index in [-0.39, 0.29) is 0 Å². The van der Waals surface area contributed by atoms with Crippen LogP contribution in [0, 0.1) is 0 Å². The number of hydrogen-bond acceptors (Lipinski definition) is 1. The van der Waals surface area contributed by atoms with Crippen molar-refractivity contribution < 1.29 is 0 Å². The van der Waals surface area contributed by atoms with Gasteiger partial charge in [0, 0.05) is 11.0 Å². The number of halogens is 2. The van der Waals surface area contributed by atoms with Crippen molar-refractivity contribution in [1.29, 1.82) is 0 Å². The maximum Gasteiger partial charge on any atom is 0.129 e. The summed E-state index contributed by atoms with van der Waals surface area (Å²) >= 11 is 9.17. The number of hydrogen-bond donors (Lipinski definition) is 0. The lowest BCUT2D eigenvalue weighted by Gasteiger charge is -2.02. The monoisotopic (exact) mass is 233 g/mol. The third-order valence-corrected chi connectivity index (χ3v) is 1.84. The van der Waals surface area contributed by atoms with E-state index >= 15 is 0 Å². The Kier molecular flexibility index (Phi) is 3.34. The summed E-state index contributed by atoms with van der Waals surface area (Å²) in [5.74, 6) is 0. The minimum absolute atomic E-state index is 0.487. The summed E-state index contributed by atoms with van der Waals surface area (Å²) in [5, 5.41) is 0.565. The highest BCUT2D eigenvalue weighted by molar-refractivity contribution is 9.09. The lowest BCUT2D eigenvalue weighted by atomic mass is 10.2. The van der Waals surface area contributed by atoms with Gasteiger partial charge < -0.3 is 0 Å². The molecule has 1 nitrogen and oxygen atoms in total. The SMILES string of the molecule is CC(Br)Cc1ccnc(Cl)c1. The van der Waals surface area contributed by atoms with Gasteiger partial charge in [0.25, 0.3) is 0 Å². The van der Waals surface area contributed by atoms with Crippen LogP contribution in [0.1, 0.15) is 12.5 Å². The predicted molar refractivity (Wildman–Crippen MR) is 51.3 cm³/mol. The molecule has 0 radical (unpaired) electrons. The average Bonchev–Trinajstić information content (AvgIpc) is 1.85. The summed E-state index contributed by atoms with van der Waals surface area (Å²) in [6, 6.07) is 3.86. The van der Waals surface area contributed by atoms with E-state index in [1.165, 1.54) is 5.56 Å². The Morgan fingerprint density at radius 3 is 3.00 bits per heavy atom. The van der Waals surface area contributed by atoms with Gasteiger partial charge in [-0.15, -0.1) is 0 Å². The first-order valence-electron chi connectivity index (χ1n) is 3.43. The molecule has 1 rings (SSSR count). The summed E-state index contributed by atoms with van der Waals surface area (Å²) < 4.78 is 0. The summed E-state index contributed by atoms with van der Waals surface area (Å²) in [4.78, 5) is 4.38. The summed E-state index contributed by atoms with van der Waals surface area (Å²) in [7, 11) is 0. The molecule has 0 saturated heterocycles. The predicted octanol–water partition coefficient (Wildman–Crippen LogP) is 3.06. The van der Waals surface area contributed by atoms with Crippen LogP contribution in [0.25, 0.3) is 0 Å². The number of rotatable bonds is 2. The smallest absolute Gasteiger partial charge is 0.129 e. The van der Waals surface area contributed by atoms with Crippen LogP contribution in [0.5, 0.6) is 0 Å². The Morgan fingerprint density at radius 1 is 1.73 bits per heavy atom. The zero-order valence-corrected chi connectivity index (χ0v) is 8.56. The molecule has 1 aromatic heterocycles. The van der Waals surface area contributed by atoms with E-state index in [4.69, 9.17) is 11.6 Å². The van der Waals surface area contributed by atoms with E-state index in [2.05, 4.69) is 27.8 Å². The molecule has 3 heteroatoms. The molecular weight excluding hydrogens is 225 g/mol. The number of nitrogens with zero attached hydrogens (tertiary/aromatic N) is 1. The Balaban J connectivity index is 2.71. The van der Waals surface area contributed by atoms with Gasteiger partial charge in [0.2, 0.25) is 0 Å². The fourth-order valence-corrected chi connectivity index (χ4v) is 1.46. The third-order valence-electron chi connectivity index (χ3n) is 1.31. The van der Waals surface area contributed by atoms with Crippen LogP contribution in [-0.2, 0) is 6.42 Å². The number of aromatic nitrogens is 1. The van der Waals surface area contributed by atoms with Crippen LogP contribution in [0.15, 0.2) is 18.3 Å². The molecule has 0 fully saturated rings.